The van der Waals surface area contributed by atoms with Crippen LogP contribution in [0.5, 0.6) is 0 Å². The SMILES string of the molecule is Cc1ccc(CN(CCO)Cc2cccnc2)cc1Cl. The van der Waals surface area contributed by atoms with Gasteiger partial charge in [-0.1, -0.05) is 29.8 Å². The average molecular weight is 291 g/mol. The van der Waals surface area contributed by atoms with E-state index in [1.54, 1.807) is 6.20 Å². The summed E-state index contributed by atoms with van der Waals surface area (Å²) < 4.78 is 0. The molecule has 0 saturated carbocycles. The summed E-state index contributed by atoms with van der Waals surface area (Å²) in [5.74, 6) is 0. The lowest BCUT2D eigenvalue weighted by Crippen LogP contribution is -2.26. The Hall–Kier alpha value is -1.42. The van der Waals surface area contributed by atoms with Gasteiger partial charge in [-0.2, -0.15) is 0 Å². The third-order valence-corrected chi connectivity index (χ3v) is 3.59. The van der Waals surface area contributed by atoms with Gasteiger partial charge >= 0.3 is 0 Å². The second-order valence-electron chi connectivity index (χ2n) is 4.88. The van der Waals surface area contributed by atoms with Gasteiger partial charge in [0.05, 0.1) is 6.61 Å². The standard InChI is InChI=1S/C16H19ClN2O/c1-13-4-5-14(9-16(13)17)11-19(7-8-20)12-15-3-2-6-18-10-15/h2-6,9-10,20H,7-8,11-12H2,1H3. The maximum atomic E-state index is 9.21. The predicted octanol–water partition coefficient (Wildman–Crippen LogP) is 3.04. The number of halogens is 1. The van der Waals surface area contributed by atoms with Gasteiger partial charge in [0.15, 0.2) is 0 Å². The fourth-order valence-corrected chi connectivity index (χ4v) is 2.30. The summed E-state index contributed by atoms with van der Waals surface area (Å²) in [5, 5.41) is 9.99. The summed E-state index contributed by atoms with van der Waals surface area (Å²) in [6.45, 7) is 4.28. The first kappa shape index (κ1) is 15.0. The van der Waals surface area contributed by atoms with E-state index in [1.807, 2.05) is 37.4 Å². The van der Waals surface area contributed by atoms with E-state index >= 15 is 0 Å². The second kappa shape index (κ2) is 7.39. The summed E-state index contributed by atoms with van der Waals surface area (Å²) >= 11 is 6.16. The molecule has 1 N–H and O–H groups in total. The molecule has 0 aliphatic carbocycles. The van der Waals surface area contributed by atoms with Crippen LogP contribution in [-0.4, -0.2) is 28.1 Å². The molecule has 0 spiro atoms. The molecule has 0 fully saturated rings. The van der Waals surface area contributed by atoms with E-state index in [0.717, 1.165) is 34.8 Å². The van der Waals surface area contributed by atoms with E-state index in [4.69, 9.17) is 11.6 Å². The van der Waals surface area contributed by atoms with Gasteiger partial charge in [-0.25, -0.2) is 0 Å². The highest BCUT2D eigenvalue weighted by molar-refractivity contribution is 6.31. The van der Waals surface area contributed by atoms with Crippen LogP contribution >= 0.6 is 11.6 Å². The molecule has 0 saturated heterocycles. The van der Waals surface area contributed by atoms with Crippen molar-refractivity contribution in [1.82, 2.24) is 9.88 Å². The number of rotatable bonds is 6. The van der Waals surface area contributed by atoms with E-state index in [9.17, 15) is 5.11 Å². The molecule has 0 aliphatic heterocycles. The lowest BCUT2D eigenvalue weighted by atomic mass is 10.1. The highest BCUT2D eigenvalue weighted by Gasteiger charge is 2.08. The Bertz CT molecular complexity index is 545. The second-order valence-corrected chi connectivity index (χ2v) is 5.29. The smallest absolute Gasteiger partial charge is 0.0558 e. The molecule has 0 aliphatic rings. The van der Waals surface area contributed by atoms with Crippen LogP contribution in [0.1, 0.15) is 16.7 Å². The third-order valence-electron chi connectivity index (χ3n) is 3.19. The number of hydrogen-bond acceptors (Lipinski definition) is 3. The summed E-state index contributed by atoms with van der Waals surface area (Å²) in [4.78, 5) is 6.30. The van der Waals surface area contributed by atoms with Crippen LogP contribution in [0.4, 0.5) is 0 Å². The molecular formula is C16H19ClN2O. The van der Waals surface area contributed by atoms with Gasteiger partial charge in [-0.3, -0.25) is 9.88 Å². The first-order valence-electron chi connectivity index (χ1n) is 6.66. The summed E-state index contributed by atoms with van der Waals surface area (Å²) in [6, 6.07) is 10.1. The number of pyridine rings is 1. The van der Waals surface area contributed by atoms with Crippen molar-refractivity contribution >= 4 is 11.6 Å². The molecule has 0 atom stereocenters. The van der Waals surface area contributed by atoms with Crippen molar-refractivity contribution in [1.29, 1.82) is 0 Å². The largest absolute Gasteiger partial charge is 0.395 e. The van der Waals surface area contributed by atoms with Gasteiger partial charge in [0.2, 0.25) is 0 Å². The Morgan fingerprint density at radius 3 is 2.65 bits per heavy atom. The van der Waals surface area contributed by atoms with Crippen LogP contribution in [-0.2, 0) is 13.1 Å². The number of hydrogen-bond donors (Lipinski definition) is 1. The van der Waals surface area contributed by atoms with Crippen molar-refractivity contribution in [2.75, 3.05) is 13.2 Å². The van der Waals surface area contributed by atoms with Gasteiger partial charge in [-0.05, 0) is 35.7 Å². The number of benzene rings is 1. The summed E-state index contributed by atoms with van der Waals surface area (Å²) in [6.07, 6.45) is 3.62. The van der Waals surface area contributed by atoms with Gasteiger partial charge < -0.3 is 5.11 Å². The summed E-state index contributed by atoms with van der Waals surface area (Å²) in [7, 11) is 0. The monoisotopic (exact) mass is 290 g/mol. The first-order valence-corrected chi connectivity index (χ1v) is 7.04. The van der Waals surface area contributed by atoms with Crippen LogP contribution in [0.3, 0.4) is 0 Å². The molecule has 20 heavy (non-hydrogen) atoms. The Kier molecular flexibility index (Phi) is 5.53. The van der Waals surface area contributed by atoms with E-state index in [0.29, 0.717) is 6.54 Å². The quantitative estimate of drug-likeness (QED) is 0.888. The molecule has 106 valence electrons. The molecule has 0 amide bonds. The number of nitrogens with zero attached hydrogens (tertiary/aromatic N) is 2. The third kappa shape index (κ3) is 4.30. The average Bonchev–Trinajstić information content (AvgIpc) is 2.44. The Labute approximate surface area is 124 Å². The topological polar surface area (TPSA) is 36.4 Å². The zero-order valence-corrected chi connectivity index (χ0v) is 12.3. The van der Waals surface area contributed by atoms with E-state index in [2.05, 4.69) is 16.0 Å². The lowest BCUT2D eigenvalue weighted by Gasteiger charge is -2.21. The van der Waals surface area contributed by atoms with Crippen molar-refractivity contribution in [2.24, 2.45) is 0 Å². The number of aryl methyl sites for hydroxylation is 1. The highest BCUT2D eigenvalue weighted by Crippen LogP contribution is 2.18. The van der Waals surface area contributed by atoms with Crippen LogP contribution in [0.25, 0.3) is 0 Å². The Balaban J connectivity index is 2.06. The Morgan fingerprint density at radius 2 is 2.00 bits per heavy atom. The minimum atomic E-state index is 0.139. The van der Waals surface area contributed by atoms with Crippen molar-refractivity contribution in [3.63, 3.8) is 0 Å². The molecule has 2 aromatic rings. The minimum Gasteiger partial charge on any atom is -0.395 e. The van der Waals surface area contributed by atoms with Gasteiger partial charge in [0.25, 0.3) is 0 Å². The van der Waals surface area contributed by atoms with Crippen molar-refractivity contribution < 1.29 is 5.11 Å². The lowest BCUT2D eigenvalue weighted by molar-refractivity contribution is 0.184. The van der Waals surface area contributed by atoms with Crippen molar-refractivity contribution in [3.8, 4) is 0 Å². The summed E-state index contributed by atoms with van der Waals surface area (Å²) in [5.41, 5.74) is 3.37. The fourth-order valence-electron chi connectivity index (χ4n) is 2.10. The Morgan fingerprint density at radius 1 is 1.20 bits per heavy atom. The molecule has 1 aromatic heterocycles. The predicted molar refractivity (Wildman–Crippen MR) is 81.6 cm³/mol. The van der Waals surface area contributed by atoms with Crippen molar-refractivity contribution in [3.05, 3.63) is 64.4 Å². The van der Waals surface area contributed by atoms with E-state index in [-0.39, 0.29) is 6.61 Å². The van der Waals surface area contributed by atoms with Crippen LogP contribution in [0.2, 0.25) is 5.02 Å². The molecule has 3 nitrogen and oxygen atoms in total. The van der Waals surface area contributed by atoms with Gasteiger partial charge in [0, 0.05) is 37.1 Å². The maximum absolute atomic E-state index is 9.21. The van der Waals surface area contributed by atoms with Gasteiger partial charge in [-0.15, -0.1) is 0 Å². The molecular weight excluding hydrogens is 272 g/mol. The van der Waals surface area contributed by atoms with Gasteiger partial charge in [0.1, 0.15) is 0 Å². The zero-order valence-electron chi connectivity index (χ0n) is 11.6. The zero-order chi connectivity index (χ0) is 14.4. The molecule has 1 aromatic carbocycles. The molecule has 0 bridgehead atoms. The minimum absolute atomic E-state index is 0.139. The fraction of sp³-hybridized carbons (Fsp3) is 0.312. The van der Waals surface area contributed by atoms with Crippen LogP contribution in [0.15, 0.2) is 42.7 Å². The highest BCUT2D eigenvalue weighted by atomic mass is 35.5. The van der Waals surface area contributed by atoms with Crippen LogP contribution < -0.4 is 0 Å². The molecule has 0 radical (unpaired) electrons. The normalized spacial score (nSPS) is 11.0. The van der Waals surface area contributed by atoms with E-state index in [1.165, 1.54) is 0 Å². The van der Waals surface area contributed by atoms with Crippen molar-refractivity contribution in [2.45, 2.75) is 20.0 Å². The number of aliphatic hydroxyl groups excluding tert-OH is 1. The molecule has 1 heterocycles. The molecule has 2 rings (SSSR count). The van der Waals surface area contributed by atoms with E-state index < -0.39 is 0 Å². The first-order chi connectivity index (χ1) is 9.69. The maximum Gasteiger partial charge on any atom is 0.0558 e. The van der Waals surface area contributed by atoms with Crippen LogP contribution in [0, 0.1) is 6.92 Å². The molecule has 0 unspecified atom stereocenters. The number of aromatic nitrogens is 1. The number of aliphatic hydroxyl groups is 1. The molecule has 4 heteroatoms.